The number of nitrogens with one attached hydrogen (secondary N) is 1. The van der Waals surface area contributed by atoms with Crippen molar-refractivity contribution in [1.82, 2.24) is 5.32 Å². The molecule has 0 spiro atoms. The van der Waals surface area contributed by atoms with E-state index in [1.54, 1.807) is 0 Å². The second-order valence-corrected chi connectivity index (χ2v) is 17.9. The van der Waals surface area contributed by atoms with E-state index in [0.717, 1.165) is 64.2 Å². The van der Waals surface area contributed by atoms with Crippen molar-refractivity contribution in [2.45, 2.75) is 269 Å². The Hall–Kier alpha value is -1.85. The number of amides is 1. The van der Waals surface area contributed by atoms with Crippen molar-refractivity contribution >= 4 is 5.91 Å². The predicted molar refractivity (Wildman–Crippen MR) is 258 cm³/mol. The number of aliphatic hydroxyl groups excluding tert-OH is 5. The molecule has 0 bridgehead atoms. The number of unbranched alkanes of at least 4 members (excludes halogenated alkanes) is 25. The zero-order valence-electron chi connectivity index (χ0n) is 39.9. The molecule has 0 radical (unpaired) electrons. The Labute approximate surface area is 380 Å². The van der Waals surface area contributed by atoms with Gasteiger partial charge in [0.15, 0.2) is 6.29 Å². The van der Waals surface area contributed by atoms with Crippen LogP contribution >= 0.6 is 0 Å². The normalized spacial score (nSPS) is 20.7. The molecule has 9 nitrogen and oxygen atoms in total. The van der Waals surface area contributed by atoms with Gasteiger partial charge in [0.2, 0.25) is 5.91 Å². The zero-order chi connectivity index (χ0) is 45.1. The number of allylic oxidation sites excluding steroid dienone is 8. The number of carbonyl (C=O) groups excluding carboxylic acids is 1. The van der Waals surface area contributed by atoms with E-state index in [0.29, 0.717) is 12.8 Å². The Kier molecular flexibility index (Phi) is 40.4. The lowest BCUT2D eigenvalue weighted by molar-refractivity contribution is -0.302. The lowest BCUT2D eigenvalue weighted by atomic mass is 9.99. The fraction of sp³-hybridized carbons (Fsp3) is 0.830. The van der Waals surface area contributed by atoms with Gasteiger partial charge in [-0.2, -0.15) is 0 Å². The van der Waals surface area contributed by atoms with Crippen LogP contribution in [-0.4, -0.2) is 87.5 Å². The first-order chi connectivity index (χ1) is 30.3. The van der Waals surface area contributed by atoms with E-state index in [4.69, 9.17) is 9.47 Å². The number of aliphatic hydroxyl groups is 5. The standard InChI is InChI=1S/C53H97NO8/c1-3-5-7-9-11-13-15-16-17-18-19-20-21-22-23-24-25-26-27-28-29-30-31-32-33-35-37-39-41-43-49(57)54-46(45-61-53-52(60)51(59)50(58)48(44-55)62-53)47(56)42-40-38-36-34-14-12-10-8-6-4-2/h5,7,11,13,16-17,19-20,46-48,50-53,55-56,58-60H,3-4,6,8-10,12,14-15,18,21-45H2,1-2H3,(H,54,57)/b7-5-,13-11-,17-16-,20-19-. The van der Waals surface area contributed by atoms with Crippen LogP contribution in [-0.2, 0) is 14.3 Å². The van der Waals surface area contributed by atoms with E-state index in [9.17, 15) is 30.3 Å². The summed E-state index contributed by atoms with van der Waals surface area (Å²) in [6.07, 6.45) is 48.6. The van der Waals surface area contributed by atoms with Crippen LogP contribution in [0.3, 0.4) is 0 Å². The molecule has 0 aromatic carbocycles. The maximum absolute atomic E-state index is 13.0. The molecule has 6 N–H and O–H groups in total. The first kappa shape index (κ1) is 58.2. The van der Waals surface area contributed by atoms with Crippen LogP contribution in [0, 0.1) is 0 Å². The van der Waals surface area contributed by atoms with Gasteiger partial charge in [0.05, 0.1) is 25.4 Å². The van der Waals surface area contributed by atoms with E-state index < -0.39 is 49.5 Å². The van der Waals surface area contributed by atoms with E-state index in [2.05, 4.69) is 67.8 Å². The van der Waals surface area contributed by atoms with Crippen LogP contribution in [0.25, 0.3) is 0 Å². The lowest BCUT2D eigenvalue weighted by Crippen LogP contribution is -2.60. The maximum Gasteiger partial charge on any atom is 0.220 e. The highest BCUT2D eigenvalue weighted by molar-refractivity contribution is 5.76. The van der Waals surface area contributed by atoms with Gasteiger partial charge >= 0.3 is 0 Å². The molecule has 1 aliphatic heterocycles. The monoisotopic (exact) mass is 876 g/mol. The molecule has 7 atom stereocenters. The molecule has 0 aliphatic carbocycles. The molecule has 9 heteroatoms. The highest BCUT2D eigenvalue weighted by Crippen LogP contribution is 2.23. The van der Waals surface area contributed by atoms with E-state index in [1.807, 2.05) is 0 Å². The Morgan fingerprint density at radius 1 is 0.565 bits per heavy atom. The van der Waals surface area contributed by atoms with Gasteiger partial charge in [0.1, 0.15) is 24.4 Å². The number of hydrogen-bond donors (Lipinski definition) is 6. The summed E-state index contributed by atoms with van der Waals surface area (Å²) in [5.74, 6) is -0.146. The van der Waals surface area contributed by atoms with Crippen LogP contribution in [0.1, 0.15) is 226 Å². The van der Waals surface area contributed by atoms with Crippen LogP contribution in [0.15, 0.2) is 48.6 Å². The summed E-state index contributed by atoms with van der Waals surface area (Å²) >= 11 is 0. The molecule has 1 heterocycles. The lowest BCUT2D eigenvalue weighted by Gasteiger charge is -2.40. The van der Waals surface area contributed by atoms with E-state index >= 15 is 0 Å². The smallest absolute Gasteiger partial charge is 0.220 e. The third-order valence-corrected chi connectivity index (χ3v) is 12.2. The minimum absolute atomic E-state index is 0.137. The van der Waals surface area contributed by atoms with Crippen LogP contribution in [0.5, 0.6) is 0 Å². The molecular formula is C53H97NO8. The quantitative estimate of drug-likeness (QED) is 0.0262. The molecule has 1 saturated heterocycles. The van der Waals surface area contributed by atoms with Crippen molar-refractivity contribution < 1.29 is 39.8 Å². The third kappa shape index (κ3) is 32.8. The average molecular weight is 876 g/mol. The van der Waals surface area contributed by atoms with Gasteiger partial charge in [-0.15, -0.1) is 0 Å². The molecule has 1 aliphatic rings. The van der Waals surface area contributed by atoms with Crippen LogP contribution in [0.4, 0.5) is 0 Å². The predicted octanol–water partition coefficient (Wildman–Crippen LogP) is 11.8. The molecule has 0 aromatic rings. The van der Waals surface area contributed by atoms with E-state index in [1.165, 1.54) is 135 Å². The van der Waals surface area contributed by atoms with Crippen molar-refractivity contribution in [3.05, 3.63) is 48.6 Å². The highest BCUT2D eigenvalue weighted by Gasteiger charge is 2.44. The maximum atomic E-state index is 13.0. The first-order valence-electron chi connectivity index (χ1n) is 25.8. The van der Waals surface area contributed by atoms with E-state index in [-0.39, 0.29) is 12.5 Å². The molecule has 1 amide bonds. The molecule has 1 fully saturated rings. The SMILES string of the molecule is CC/C=C\C/C=C\C/C=C\C/C=C\CCCCCCCCCCCCCCCCCCC(=O)NC(COC1OC(CO)C(O)C(O)C1O)C(O)CCCCCCCCCCCC. The fourth-order valence-electron chi connectivity index (χ4n) is 8.09. The molecular weight excluding hydrogens is 779 g/mol. The van der Waals surface area contributed by atoms with Crippen molar-refractivity contribution in [3.63, 3.8) is 0 Å². The Bertz CT molecular complexity index is 1110. The molecule has 362 valence electrons. The van der Waals surface area contributed by atoms with Crippen LogP contribution < -0.4 is 5.32 Å². The summed E-state index contributed by atoms with van der Waals surface area (Å²) in [7, 11) is 0. The Morgan fingerprint density at radius 3 is 1.48 bits per heavy atom. The van der Waals surface area contributed by atoms with Gasteiger partial charge in [-0.3, -0.25) is 4.79 Å². The molecule has 0 saturated carbocycles. The molecule has 7 unspecified atom stereocenters. The second kappa shape index (κ2) is 43.1. The van der Waals surface area contributed by atoms with Gasteiger partial charge in [-0.25, -0.2) is 0 Å². The van der Waals surface area contributed by atoms with Gasteiger partial charge in [-0.05, 0) is 51.4 Å². The first-order valence-corrected chi connectivity index (χ1v) is 25.8. The minimum Gasteiger partial charge on any atom is -0.394 e. The summed E-state index contributed by atoms with van der Waals surface area (Å²) < 4.78 is 11.3. The zero-order valence-corrected chi connectivity index (χ0v) is 39.9. The van der Waals surface area contributed by atoms with Gasteiger partial charge in [0.25, 0.3) is 0 Å². The largest absolute Gasteiger partial charge is 0.394 e. The summed E-state index contributed by atoms with van der Waals surface area (Å²) in [5, 5.41) is 54.3. The summed E-state index contributed by atoms with van der Waals surface area (Å²) in [6, 6.07) is -0.717. The van der Waals surface area contributed by atoms with Crippen molar-refractivity contribution in [3.8, 4) is 0 Å². The van der Waals surface area contributed by atoms with Crippen molar-refractivity contribution in [1.29, 1.82) is 0 Å². The summed E-state index contributed by atoms with van der Waals surface area (Å²) in [4.78, 5) is 13.0. The van der Waals surface area contributed by atoms with Crippen molar-refractivity contribution in [2.24, 2.45) is 0 Å². The van der Waals surface area contributed by atoms with Gasteiger partial charge in [0, 0.05) is 6.42 Å². The number of ether oxygens (including phenoxy) is 2. The Morgan fingerprint density at radius 2 is 1.00 bits per heavy atom. The van der Waals surface area contributed by atoms with Gasteiger partial charge in [-0.1, -0.05) is 217 Å². The number of rotatable bonds is 43. The van der Waals surface area contributed by atoms with Gasteiger partial charge < -0.3 is 40.3 Å². The number of hydrogen-bond acceptors (Lipinski definition) is 8. The second-order valence-electron chi connectivity index (χ2n) is 17.9. The topological polar surface area (TPSA) is 149 Å². The Balaban J connectivity index is 2.14. The fourth-order valence-corrected chi connectivity index (χ4v) is 8.09. The third-order valence-electron chi connectivity index (χ3n) is 12.2. The molecule has 62 heavy (non-hydrogen) atoms. The molecule has 1 rings (SSSR count). The van der Waals surface area contributed by atoms with Crippen molar-refractivity contribution in [2.75, 3.05) is 13.2 Å². The minimum atomic E-state index is -1.55. The number of carbonyl (C=O) groups is 1. The molecule has 0 aromatic heterocycles. The average Bonchev–Trinajstić information content (AvgIpc) is 3.27. The summed E-state index contributed by atoms with van der Waals surface area (Å²) in [5.41, 5.74) is 0. The highest BCUT2D eigenvalue weighted by atomic mass is 16.7. The van der Waals surface area contributed by atoms with Crippen LogP contribution in [0.2, 0.25) is 0 Å². The summed E-state index contributed by atoms with van der Waals surface area (Å²) in [6.45, 7) is 3.71.